The van der Waals surface area contributed by atoms with E-state index in [4.69, 9.17) is 5.11 Å². The fourth-order valence-electron chi connectivity index (χ4n) is 2.16. The minimum Gasteiger partial charge on any atom is -0.480 e. The Kier molecular flexibility index (Phi) is 5.63. The summed E-state index contributed by atoms with van der Waals surface area (Å²) in [5.41, 5.74) is 0.376. The van der Waals surface area contributed by atoms with Crippen LogP contribution in [0.2, 0.25) is 0 Å². The molecule has 0 spiro atoms. The number of benzene rings is 1. The molecule has 1 aromatic carbocycles. The molecular weight excluding hydrogens is 355 g/mol. The summed E-state index contributed by atoms with van der Waals surface area (Å²) in [6, 6.07) is 4.33. The lowest BCUT2D eigenvalue weighted by molar-refractivity contribution is -0.159. The highest BCUT2D eigenvalue weighted by Gasteiger charge is 2.38. The molecule has 0 aliphatic carbocycles. The smallest absolute Gasteiger partial charge is 0.471 e. The highest BCUT2D eigenvalue weighted by atomic mass is 19.4. The molecule has 2 N–H and O–H groups in total. The summed E-state index contributed by atoms with van der Waals surface area (Å²) < 4.78 is 41.5. The number of carboxylic acid groups (broad SMARTS) is 1. The van der Waals surface area contributed by atoms with E-state index in [-0.39, 0.29) is 29.3 Å². The molecule has 140 valence electrons. The van der Waals surface area contributed by atoms with Gasteiger partial charge in [-0.2, -0.15) is 18.2 Å². The molecule has 0 fully saturated rings. The van der Waals surface area contributed by atoms with E-state index < -0.39 is 30.0 Å². The molecule has 7 nitrogen and oxygen atoms in total. The maximum atomic E-state index is 12.5. The molecule has 26 heavy (non-hydrogen) atoms. The van der Waals surface area contributed by atoms with Crippen LogP contribution in [0.4, 0.5) is 13.2 Å². The van der Waals surface area contributed by atoms with Crippen LogP contribution in [-0.2, 0) is 11.0 Å². The number of aromatic nitrogens is 2. The van der Waals surface area contributed by atoms with E-state index in [1.54, 1.807) is 0 Å². The van der Waals surface area contributed by atoms with Crippen molar-refractivity contribution < 1.29 is 32.4 Å². The summed E-state index contributed by atoms with van der Waals surface area (Å²) in [5.74, 6) is -3.41. The van der Waals surface area contributed by atoms with Crippen LogP contribution < -0.4 is 5.32 Å². The largest absolute Gasteiger partial charge is 0.480 e. The Morgan fingerprint density at radius 1 is 1.23 bits per heavy atom. The SMILES string of the molecule is CC(C)C[C@H](NC(=O)c1ccc(-c2noc(C(F)(F)F)n2)cc1)C(=O)O. The lowest BCUT2D eigenvalue weighted by Gasteiger charge is -2.16. The number of nitrogens with zero attached hydrogens (tertiary/aromatic N) is 2. The maximum Gasteiger partial charge on any atom is 0.471 e. The Morgan fingerprint density at radius 3 is 2.31 bits per heavy atom. The van der Waals surface area contributed by atoms with E-state index in [2.05, 4.69) is 20.0 Å². The van der Waals surface area contributed by atoms with Gasteiger partial charge < -0.3 is 14.9 Å². The average Bonchev–Trinajstić information content (AvgIpc) is 3.04. The molecule has 1 heterocycles. The first-order chi connectivity index (χ1) is 12.1. The van der Waals surface area contributed by atoms with Gasteiger partial charge in [-0.1, -0.05) is 31.1 Å². The third-order valence-electron chi connectivity index (χ3n) is 3.38. The van der Waals surface area contributed by atoms with Gasteiger partial charge in [0.25, 0.3) is 5.91 Å². The van der Waals surface area contributed by atoms with Crippen molar-refractivity contribution in [2.24, 2.45) is 5.92 Å². The van der Waals surface area contributed by atoms with Gasteiger partial charge in [0, 0.05) is 11.1 Å². The van der Waals surface area contributed by atoms with Crippen LogP contribution in [0, 0.1) is 5.92 Å². The van der Waals surface area contributed by atoms with Crippen LogP contribution in [0.25, 0.3) is 11.4 Å². The van der Waals surface area contributed by atoms with Crippen LogP contribution in [0.1, 0.15) is 36.5 Å². The first-order valence-corrected chi connectivity index (χ1v) is 7.63. The summed E-state index contributed by atoms with van der Waals surface area (Å²) in [6.07, 6.45) is -4.48. The number of hydrogen-bond acceptors (Lipinski definition) is 5. The summed E-state index contributed by atoms with van der Waals surface area (Å²) in [7, 11) is 0. The van der Waals surface area contributed by atoms with Crippen LogP contribution in [-0.4, -0.2) is 33.2 Å². The Hall–Kier alpha value is -2.91. The standard InChI is InChI=1S/C16H16F3N3O4/c1-8(2)7-11(14(24)25)20-13(23)10-5-3-9(4-6-10)12-21-15(26-22-12)16(17,18)19/h3-6,8,11H,7H2,1-2H3,(H,20,23)(H,24,25)/t11-/m0/s1. The van der Waals surface area contributed by atoms with E-state index in [0.29, 0.717) is 0 Å². The second kappa shape index (κ2) is 7.54. The third-order valence-corrected chi connectivity index (χ3v) is 3.38. The number of amides is 1. The van der Waals surface area contributed by atoms with Gasteiger partial charge in [-0.05, 0) is 24.5 Å². The molecule has 0 aliphatic heterocycles. The molecule has 0 saturated carbocycles. The zero-order valence-electron chi connectivity index (χ0n) is 13.9. The number of alkyl halides is 3. The van der Waals surface area contributed by atoms with E-state index in [9.17, 15) is 22.8 Å². The fourth-order valence-corrected chi connectivity index (χ4v) is 2.16. The predicted octanol–water partition coefficient (Wildman–Crippen LogP) is 2.98. The zero-order valence-corrected chi connectivity index (χ0v) is 13.9. The van der Waals surface area contributed by atoms with Gasteiger partial charge in [0.1, 0.15) is 6.04 Å². The minimum absolute atomic E-state index is 0.0693. The first-order valence-electron chi connectivity index (χ1n) is 7.63. The second-order valence-electron chi connectivity index (χ2n) is 5.99. The second-order valence-corrected chi connectivity index (χ2v) is 5.99. The molecule has 2 rings (SSSR count). The number of halogens is 3. The van der Waals surface area contributed by atoms with Gasteiger partial charge in [0.15, 0.2) is 0 Å². The number of nitrogens with one attached hydrogen (secondary N) is 1. The van der Waals surface area contributed by atoms with Crippen molar-refractivity contribution in [2.45, 2.75) is 32.5 Å². The number of carbonyl (C=O) groups excluding carboxylic acids is 1. The highest BCUT2D eigenvalue weighted by molar-refractivity contribution is 5.96. The van der Waals surface area contributed by atoms with Crippen LogP contribution in [0.5, 0.6) is 0 Å². The van der Waals surface area contributed by atoms with Crippen molar-refractivity contribution in [1.29, 1.82) is 0 Å². The summed E-state index contributed by atoms with van der Waals surface area (Å²) in [6.45, 7) is 3.66. The van der Waals surface area contributed by atoms with Crippen molar-refractivity contribution in [2.75, 3.05) is 0 Å². The van der Waals surface area contributed by atoms with Crippen molar-refractivity contribution >= 4 is 11.9 Å². The van der Waals surface area contributed by atoms with Crippen LogP contribution in [0.3, 0.4) is 0 Å². The van der Waals surface area contributed by atoms with E-state index >= 15 is 0 Å². The molecule has 1 aromatic heterocycles. The highest BCUT2D eigenvalue weighted by Crippen LogP contribution is 2.29. The van der Waals surface area contributed by atoms with Crippen molar-refractivity contribution in [3.05, 3.63) is 35.7 Å². The lowest BCUT2D eigenvalue weighted by Crippen LogP contribution is -2.41. The monoisotopic (exact) mass is 371 g/mol. The quantitative estimate of drug-likeness (QED) is 0.809. The minimum atomic E-state index is -4.74. The molecule has 0 bridgehead atoms. The van der Waals surface area contributed by atoms with E-state index in [1.807, 2.05) is 13.8 Å². The molecule has 1 atom stereocenters. The molecule has 0 aliphatic rings. The van der Waals surface area contributed by atoms with Gasteiger partial charge in [-0.3, -0.25) is 4.79 Å². The van der Waals surface area contributed by atoms with Crippen molar-refractivity contribution in [3.63, 3.8) is 0 Å². The normalized spacial score (nSPS) is 12.8. The Labute approximate surface area is 146 Å². The Morgan fingerprint density at radius 2 is 1.85 bits per heavy atom. The van der Waals surface area contributed by atoms with Crippen LogP contribution in [0.15, 0.2) is 28.8 Å². The molecule has 0 radical (unpaired) electrons. The number of hydrogen-bond donors (Lipinski definition) is 2. The maximum absolute atomic E-state index is 12.5. The first kappa shape index (κ1) is 19.4. The molecule has 0 unspecified atom stereocenters. The van der Waals surface area contributed by atoms with E-state index in [0.717, 1.165) is 0 Å². The predicted molar refractivity (Wildman–Crippen MR) is 83.1 cm³/mol. The number of carboxylic acids is 1. The molecule has 0 saturated heterocycles. The van der Waals surface area contributed by atoms with Gasteiger partial charge >= 0.3 is 18.0 Å². The topological polar surface area (TPSA) is 105 Å². The molecule has 10 heteroatoms. The third kappa shape index (κ3) is 4.80. The van der Waals surface area contributed by atoms with Gasteiger partial charge in [0.2, 0.25) is 5.82 Å². The summed E-state index contributed by atoms with van der Waals surface area (Å²) >= 11 is 0. The van der Waals surface area contributed by atoms with Gasteiger partial charge in [-0.25, -0.2) is 4.79 Å². The van der Waals surface area contributed by atoms with Crippen LogP contribution >= 0.6 is 0 Å². The number of carbonyl (C=O) groups is 2. The molecule has 1 amide bonds. The Bertz CT molecular complexity index is 785. The van der Waals surface area contributed by atoms with Gasteiger partial charge in [0.05, 0.1) is 0 Å². The van der Waals surface area contributed by atoms with Gasteiger partial charge in [-0.15, -0.1) is 0 Å². The lowest BCUT2D eigenvalue weighted by atomic mass is 10.0. The summed E-state index contributed by atoms with van der Waals surface area (Å²) in [5, 5.41) is 14.8. The molecule has 2 aromatic rings. The average molecular weight is 371 g/mol. The summed E-state index contributed by atoms with van der Waals surface area (Å²) in [4.78, 5) is 26.6. The molecular formula is C16H16F3N3O4. The number of aliphatic carboxylic acids is 1. The Balaban J connectivity index is 2.12. The fraction of sp³-hybridized carbons (Fsp3) is 0.375. The zero-order chi connectivity index (χ0) is 19.5. The number of rotatable bonds is 6. The van der Waals surface area contributed by atoms with Crippen molar-refractivity contribution in [3.8, 4) is 11.4 Å². The van der Waals surface area contributed by atoms with E-state index in [1.165, 1.54) is 24.3 Å². The van der Waals surface area contributed by atoms with Crippen molar-refractivity contribution in [1.82, 2.24) is 15.5 Å².